The summed E-state index contributed by atoms with van der Waals surface area (Å²) in [5.41, 5.74) is 5.44. The van der Waals surface area contributed by atoms with E-state index in [0.717, 1.165) is 0 Å². The van der Waals surface area contributed by atoms with E-state index in [-0.39, 0.29) is 30.5 Å². The highest BCUT2D eigenvalue weighted by atomic mass is 16.4. The van der Waals surface area contributed by atoms with Crippen LogP contribution in [0.2, 0.25) is 0 Å². The molecule has 0 aliphatic rings. The Hall–Kier alpha value is -2.24. The minimum absolute atomic E-state index is 0.0513. The molecule has 1 amide bonds. The number of phenols is 1. The summed E-state index contributed by atoms with van der Waals surface area (Å²) in [4.78, 5) is 11.8. The second-order valence-electron chi connectivity index (χ2n) is 4.95. The van der Waals surface area contributed by atoms with Crippen molar-refractivity contribution in [2.75, 3.05) is 6.54 Å². The fraction of sp³-hybridized carbons (Fsp3) is 0.385. The van der Waals surface area contributed by atoms with Crippen molar-refractivity contribution in [1.82, 2.24) is 5.32 Å². The van der Waals surface area contributed by atoms with Gasteiger partial charge in [0.25, 0.3) is 0 Å². The van der Waals surface area contributed by atoms with Gasteiger partial charge in [-0.15, -0.1) is 0 Å². The molecule has 0 saturated heterocycles. The number of amides is 1. The molecule has 0 fully saturated rings. The number of hydrogen-bond donors (Lipinski definition) is 4. The SMILES string of the molecule is CC(C)(CNC(=O)Cc1ccccc1O)/C(N)=N/O. The number of nitrogens with two attached hydrogens (primary N) is 1. The van der Waals surface area contributed by atoms with Crippen molar-refractivity contribution in [1.29, 1.82) is 0 Å². The van der Waals surface area contributed by atoms with Gasteiger partial charge < -0.3 is 21.4 Å². The summed E-state index contributed by atoms with van der Waals surface area (Å²) in [6, 6.07) is 6.66. The van der Waals surface area contributed by atoms with Gasteiger partial charge in [-0.05, 0) is 6.07 Å². The number of phenolic OH excluding ortho intramolecular Hbond substituents is 1. The van der Waals surface area contributed by atoms with Crippen LogP contribution in [0.3, 0.4) is 0 Å². The van der Waals surface area contributed by atoms with Gasteiger partial charge in [0.2, 0.25) is 5.91 Å². The minimum atomic E-state index is -0.636. The molecule has 1 rings (SSSR count). The lowest BCUT2D eigenvalue weighted by molar-refractivity contribution is -0.120. The number of carbonyl (C=O) groups is 1. The molecule has 6 heteroatoms. The molecule has 0 aliphatic carbocycles. The molecule has 0 spiro atoms. The summed E-state index contributed by atoms with van der Waals surface area (Å²) in [5, 5.41) is 23.8. The number of nitrogens with one attached hydrogen (secondary N) is 1. The Labute approximate surface area is 111 Å². The van der Waals surface area contributed by atoms with Gasteiger partial charge >= 0.3 is 0 Å². The number of carbonyl (C=O) groups excluding carboxylic acids is 1. The quantitative estimate of drug-likeness (QED) is 0.273. The van der Waals surface area contributed by atoms with Crippen molar-refractivity contribution >= 4 is 11.7 Å². The molecule has 6 nitrogen and oxygen atoms in total. The molecule has 0 aromatic heterocycles. The highest BCUT2D eigenvalue weighted by Crippen LogP contribution is 2.17. The van der Waals surface area contributed by atoms with Gasteiger partial charge in [-0.1, -0.05) is 37.2 Å². The van der Waals surface area contributed by atoms with Crippen LogP contribution in [0.25, 0.3) is 0 Å². The average molecular weight is 265 g/mol. The van der Waals surface area contributed by atoms with Crippen LogP contribution in [0.5, 0.6) is 5.75 Å². The van der Waals surface area contributed by atoms with Crippen LogP contribution in [-0.2, 0) is 11.2 Å². The predicted octanol–water partition coefficient (Wildman–Crippen LogP) is 0.823. The van der Waals surface area contributed by atoms with Crippen molar-refractivity contribution in [3.63, 3.8) is 0 Å². The molecule has 0 aliphatic heterocycles. The van der Waals surface area contributed by atoms with E-state index in [1.165, 1.54) is 6.07 Å². The minimum Gasteiger partial charge on any atom is -0.508 e. The number of benzene rings is 1. The zero-order valence-electron chi connectivity index (χ0n) is 11.1. The Morgan fingerprint density at radius 2 is 2.05 bits per heavy atom. The molecule has 5 N–H and O–H groups in total. The third-order valence-corrected chi connectivity index (χ3v) is 2.87. The molecule has 0 bridgehead atoms. The fourth-order valence-corrected chi connectivity index (χ4v) is 1.44. The van der Waals surface area contributed by atoms with Crippen molar-refractivity contribution in [2.24, 2.45) is 16.3 Å². The number of aromatic hydroxyl groups is 1. The molecular weight excluding hydrogens is 246 g/mol. The summed E-state index contributed by atoms with van der Waals surface area (Å²) < 4.78 is 0. The van der Waals surface area contributed by atoms with E-state index in [2.05, 4.69) is 10.5 Å². The second kappa shape index (κ2) is 6.08. The van der Waals surface area contributed by atoms with Crippen LogP contribution in [0.1, 0.15) is 19.4 Å². The molecule has 1 aromatic carbocycles. The van der Waals surface area contributed by atoms with E-state index >= 15 is 0 Å². The first-order chi connectivity index (χ1) is 8.86. The van der Waals surface area contributed by atoms with Crippen molar-refractivity contribution in [2.45, 2.75) is 20.3 Å². The summed E-state index contributed by atoms with van der Waals surface area (Å²) >= 11 is 0. The topological polar surface area (TPSA) is 108 Å². The van der Waals surface area contributed by atoms with Crippen molar-refractivity contribution in [3.05, 3.63) is 29.8 Å². The zero-order chi connectivity index (χ0) is 14.5. The summed E-state index contributed by atoms with van der Waals surface area (Å²) in [5.74, 6) is -0.0935. The summed E-state index contributed by atoms with van der Waals surface area (Å²) in [6.45, 7) is 3.75. The first kappa shape index (κ1) is 14.8. The summed E-state index contributed by atoms with van der Waals surface area (Å²) in [6.07, 6.45) is 0.0823. The van der Waals surface area contributed by atoms with Crippen LogP contribution >= 0.6 is 0 Å². The van der Waals surface area contributed by atoms with Crippen LogP contribution in [0.4, 0.5) is 0 Å². The Morgan fingerprint density at radius 1 is 1.42 bits per heavy atom. The predicted molar refractivity (Wildman–Crippen MR) is 72.0 cm³/mol. The Morgan fingerprint density at radius 3 is 2.63 bits per heavy atom. The van der Waals surface area contributed by atoms with Crippen LogP contribution in [0.15, 0.2) is 29.4 Å². The number of nitrogens with zero attached hydrogens (tertiary/aromatic N) is 1. The Kier molecular flexibility index (Phi) is 4.74. The van der Waals surface area contributed by atoms with Crippen molar-refractivity contribution < 1.29 is 15.1 Å². The highest BCUT2D eigenvalue weighted by Gasteiger charge is 2.24. The third kappa shape index (κ3) is 4.17. The maximum atomic E-state index is 11.8. The molecular formula is C13H19N3O3. The van der Waals surface area contributed by atoms with Crippen LogP contribution in [0, 0.1) is 5.41 Å². The van der Waals surface area contributed by atoms with E-state index in [1.807, 2.05) is 0 Å². The maximum Gasteiger partial charge on any atom is 0.224 e. The number of hydrogen-bond acceptors (Lipinski definition) is 4. The van der Waals surface area contributed by atoms with Gasteiger partial charge in [0.15, 0.2) is 0 Å². The molecule has 0 radical (unpaired) electrons. The Bertz CT molecular complexity index is 484. The first-order valence-corrected chi connectivity index (χ1v) is 5.88. The standard InChI is InChI=1S/C13H19N3O3/c1-13(2,12(14)16-19)8-15-11(18)7-9-5-3-4-6-10(9)17/h3-6,17,19H,7-8H2,1-2H3,(H2,14,16)(H,15,18). The van der Waals surface area contributed by atoms with Gasteiger partial charge in [-0.2, -0.15) is 0 Å². The summed E-state index contributed by atoms with van der Waals surface area (Å²) in [7, 11) is 0. The van der Waals surface area contributed by atoms with Gasteiger partial charge in [-0.25, -0.2) is 0 Å². The molecule has 0 heterocycles. The smallest absolute Gasteiger partial charge is 0.224 e. The number of para-hydroxylation sites is 1. The molecule has 0 saturated carbocycles. The van der Waals surface area contributed by atoms with E-state index in [4.69, 9.17) is 10.9 Å². The lowest BCUT2D eigenvalue weighted by Gasteiger charge is -2.23. The lowest BCUT2D eigenvalue weighted by Crippen LogP contribution is -2.43. The van der Waals surface area contributed by atoms with E-state index in [0.29, 0.717) is 5.56 Å². The second-order valence-corrected chi connectivity index (χ2v) is 4.95. The van der Waals surface area contributed by atoms with E-state index in [9.17, 15) is 9.90 Å². The van der Waals surface area contributed by atoms with Gasteiger partial charge in [0.1, 0.15) is 11.6 Å². The van der Waals surface area contributed by atoms with Gasteiger partial charge in [0, 0.05) is 17.5 Å². The first-order valence-electron chi connectivity index (χ1n) is 5.88. The largest absolute Gasteiger partial charge is 0.508 e. The van der Waals surface area contributed by atoms with E-state index in [1.54, 1.807) is 32.0 Å². The molecule has 19 heavy (non-hydrogen) atoms. The molecule has 1 aromatic rings. The van der Waals surface area contributed by atoms with Crippen LogP contribution < -0.4 is 11.1 Å². The number of amidine groups is 1. The fourth-order valence-electron chi connectivity index (χ4n) is 1.44. The molecule has 0 atom stereocenters. The normalized spacial score (nSPS) is 12.2. The number of oxime groups is 1. The third-order valence-electron chi connectivity index (χ3n) is 2.87. The monoisotopic (exact) mass is 265 g/mol. The van der Waals surface area contributed by atoms with Crippen molar-refractivity contribution in [3.8, 4) is 5.75 Å². The van der Waals surface area contributed by atoms with Gasteiger partial charge in [0.05, 0.1) is 6.42 Å². The molecule has 0 unspecified atom stereocenters. The Balaban J connectivity index is 2.56. The molecule has 104 valence electrons. The lowest BCUT2D eigenvalue weighted by atomic mass is 9.92. The average Bonchev–Trinajstić information content (AvgIpc) is 2.38. The van der Waals surface area contributed by atoms with Gasteiger partial charge in [-0.3, -0.25) is 4.79 Å². The number of rotatable bonds is 5. The zero-order valence-corrected chi connectivity index (χ0v) is 11.1. The van der Waals surface area contributed by atoms with E-state index < -0.39 is 5.41 Å². The van der Waals surface area contributed by atoms with Crippen LogP contribution in [-0.4, -0.2) is 28.6 Å². The maximum absolute atomic E-state index is 11.8. The highest BCUT2D eigenvalue weighted by molar-refractivity contribution is 5.86.